The van der Waals surface area contributed by atoms with Crippen LogP contribution in [0.3, 0.4) is 0 Å². The number of sulfonamides is 1. The van der Waals surface area contributed by atoms with Gasteiger partial charge in [0.25, 0.3) is 15.9 Å². The third kappa shape index (κ3) is 4.08. The molecule has 0 fully saturated rings. The van der Waals surface area contributed by atoms with Gasteiger partial charge in [-0.15, -0.1) is 0 Å². The van der Waals surface area contributed by atoms with Crippen LogP contribution in [0.25, 0.3) is 0 Å². The van der Waals surface area contributed by atoms with Crippen LogP contribution < -0.4 is 9.62 Å². The molecule has 5 nitrogen and oxygen atoms in total. The van der Waals surface area contributed by atoms with E-state index in [1.807, 2.05) is 37.3 Å². The van der Waals surface area contributed by atoms with Crippen molar-refractivity contribution in [3.8, 4) is 0 Å². The molecule has 0 saturated carbocycles. The van der Waals surface area contributed by atoms with Gasteiger partial charge in [-0.2, -0.15) is 0 Å². The van der Waals surface area contributed by atoms with Gasteiger partial charge in [-0.05, 0) is 31.2 Å². The molecule has 2 aromatic carbocycles. The molecule has 0 atom stereocenters. The van der Waals surface area contributed by atoms with Crippen molar-refractivity contribution in [1.29, 1.82) is 0 Å². The van der Waals surface area contributed by atoms with Crippen molar-refractivity contribution in [2.75, 3.05) is 18.5 Å². The van der Waals surface area contributed by atoms with E-state index in [4.69, 9.17) is 0 Å². The smallest absolute Gasteiger partial charge is 0.264 e. The summed E-state index contributed by atoms with van der Waals surface area (Å²) in [6, 6.07) is 15.6. The summed E-state index contributed by atoms with van der Waals surface area (Å²) in [6.07, 6.45) is 0. The molecule has 0 saturated heterocycles. The van der Waals surface area contributed by atoms with Crippen molar-refractivity contribution in [3.05, 3.63) is 60.2 Å². The van der Waals surface area contributed by atoms with Gasteiger partial charge >= 0.3 is 0 Å². The Labute approximate surface area is 130 Å². The number of anilines is 1. The number of amides is 1. The van der Waals surface area contributed by atoms with Crippen LogP contribution >= 0.6 is 0 Å². The lowest BCUT2D eigenvalue weighted by Gasteiger charge is -2.18. The molecular weight excluding hydrogens is 300 g/mol. The average Bonchev–Trinajstić information content (AvgIpc) is 2.48. The minimum Gasteiger partial charge on any atom is -0.365 e. The number of benzene rings is 2. The Balaban J connectivity index is 2.03. The molecule has 0 radical (unpaired) electrons. The molecule has 116 valence electrons. The quantitative estimate of drug-likeness (QED) is 0.915. The fourth-order valence-electron chi connectivity index (χ4n) is 1.95. The molecule has 0 aromatic heterocycles. The summed E-state index contributed by atoms with van der Waals surface area (Å²) in [6.45, 7) is 1.82. The Morgan fingerprint density at radius 1 is 1.05 bits per heavy atom. The number of hydrogen-bond acceptors (Lipinski definition) is 4. The SMILES string of the molecule is Cc1ccc(S(=O)(=O)NC(=O)CN(C)c2ccccc2)cc1. The highest BCUT2D eigenvalue weighted by Gasteiger charge is 2.18. The summed E-state index contributed by atoms with van der Waals surface area (Å²) in [7, 11) is -2.10. The number of carbonyl (C=O) groups excluding carboxylic acids is 1. The molecule has 0 bridgehead atoms. The van der Waals surface area contributed by atoms with Gasteiger partial charge in [0.1, 0.15) is 0 Å². The van der Waals surface area contributed by atoms with Gasteiger partial charge in [-0.25, -0.2) is 13.1 Å². The van der Waals surface area contributed by atoms with Crippen LogP contribution in [0.4, 0.5) is 5.69 Å². The standard InChI is InChI=1S/C16H18N2O3S/c1-13-8-10-15(11-9-13)22(20,21)17-16(19)12-18(2)14-6-4-3-5-7-14/h3-11H,12H2,1-2H3,(H,17,19). The van der Waals surface area contributed by atoms with Gasteiger partial charge in [0.15, 0.2) is 0 Å². The van der Waals surface area contributed by atoms with Crippen LogP contribution in [0.1, 0.15) is 5.56 Å². The molecule has 0 spiro atoms. The maximum Gasteiger partial charge on any atom is 0.264 e. The molecule has 0 heterocycles. The first kappa shape index (κ1) is 16.0. The molecule has 2 rings (SSSR count). The Hall–Kier alpha value is -2.34. The average molecular weight is 318 g/mol. The maximum atomic E-state index is 12.1. The second-order valence-electron chi connectivity index (χ2n) is 5.03. The number of nitrogens with zero attached hydrogens (tertiary/aromatic N) is 1. The highest BCUT2D eigenvalue weighted by molar-refractivity contribution is 7.90. The zero-order valence-electron chi connectivity index (χ0n) is 12.5. The topological polar surface area (TPSA) is 66.5 Å². The van der Waals surface area contributed by atoms with Crippen molar-refractivity contribution in [1.82, 2.24) is 4.72 Å². The number of nitrogens with one attached hydrogen (secondary N) is 1. The monoisotopic (exact) mass is 318 g/mol. The van der Waals surface area contributed by atoms with Crippen LogP contribution in [0.15, 0.2) is 59.5 Å². The van der Waals surface area contributed by atoms with E-state index in [1.54, 1.807) is 24.1 Å². The molecule has 1 amide bonds. The van der Waals surface area contributed by atoms with E-state index >= 15 is 0 Å². The lowest BCUT2D eigenvalue weighted by atomic mass is 10.2. The third-order valence-electron chi connectivity index (χ3n) is 3.16. The Bertz CT molecular complexity index is 741. The predicted molar refractivity (Wildman–Crippen MR) is 86.2 cm³/mol. The highest BCUT2D eigenvalue weighted by Crippen LogP contribution is 2.12. The van der Waals surface area contributed by atoms with Crippen molar-refractivity contribution >= 4 is 21.6 Å². The minimum absolute atomic E-state index is 0.0465. The van der Waals surface area contributed by atoms with Crippen molar-refractivity contribution in [3.63, 3.8) is 0 Å². The van der Waals surface area contributed by atoms with Gasteiger partial charge < -0.3 is 4.90 Å². The summed E-state index contributed by atoms with van der Waals surface area (Å²) in [5.74, 6) is -0.577. The molecule has 22 heavy (non-hydrogen) atoms. The van der Waals surface area contributed by atoms with Gasteiger partial charge in [0.2, 0.25) is 0 Å². The van der Waals surface area contributed by atoms with E-state index in [0.29, 0.717) is 0 Å². The number of carbonyl (C=O) groups is 1. The maximum absolute atomic E-state index is 12.1. The largest absolute Gasteiger partial charge is 0.365 e. The predicted octanol–water partition coefficient (Wildman–Crippen LogP) is 1.94. The molecule has 0 aliphatic carbocycles. The van der Waals surface area contributed by atoms with Gasteiger partial charge in [-0.1, -0.05) is 35.9 Å². The molecule has 0 unspecified atom stereocenters. The summed E-state index contributed by atoms with van der Waals surface area (Å²) in [5.41, 5.74) is 1.79. The van der Waals surface area contributed by atoms with E-state index in [9.17, 15) is 13.2 Å². The number of hydrogen-bond donors (Lipinski definition) is 1. The Kier molecular flexibility index (Phi) is 4.82. The molecule has 0 aliphatic rings. The zero-order valence-corrected chi connectivity index (χ0v) is 13.3. The van der Waals surface area contributed by atoms with Crippen molar-refractivity contribution in [2.24, 2.45) is 0 Å². The second kappa shape index (κ2) is 6.62. The fraction of sp³-hybridized carbons (Fsp3) is 0.188. The second-order valence-corrected chi connectivity index (χ2v) is 6.72. The van der Waals surface area contributed by atoms with Crippen LogP contribution in [-0.4, -0.2) is 27.9 Å². The van der Waals surface area contributed by atoms with E-state index < -0.39 is 15.9 Å². The lowest BCUT2D eigenvalue weighted by Crippen LogP contribution is -2.38. The normalized spacial score (nSPS) is 11.0. The molecule has 2 aromatic rings. The van der Waals surface area contributed by atoms with Crippen molar-refractivity contribution in [2.45, 2.75) is 11.8 Å². The Morgan fingerprint density at radius 2 is 1.64 bits per heavy atom. The molecular formula is C16H18N2O3S. The van der Waals surface area contributed by atoms with E-state index in [1.165, 1.54) is 12.1 Å². The molecule has 1 N–H and O–H groups in total. The van der Waals surface area contributed by atoms with Crippen molar-refractivity contribution < 1.29 is 13.2 Å². The Morgan fingerprint density at radius 3 is 2.23 bits per heavy atom. The van der Waals surface area contributed by atoms with Crippen LogP contribution in [0.5, 0.6) is 0 Å². The number of rotatable bonds is 5. The summed E-state index contributed by atoms with van der Waals surface area (Å²) < 4.78 is 26.3. The first-order valence-electron chi connectivity index (χ1n) is 6.77. The van der Waals surface area contributed by atoms with Crippen LogP contribution in [0, 0.1) is 6.92 Å². The fourth-order valence-corrected chi connectivity index (χ4v) is 2.92. The van der Waals surface area contributed by atoms with Gasteiger partial charge in [0, 0.05) is 12.7 Å². The number of aryl methyl sites for hydroxylation is 1. The van der Waals surface area contributed by atoms with E-state index in [0.717, 1.165) is 11.3 Å². The zero-order chi connectivity index (χ0) is 16.2. The minimum atomic E-state index is -3.83. The van der Waals surface area contributed by atoms with E-state index in [2.05, 4.69) is 4.72 Å². The summed E-state index contributed by atoms with van der Waals surface area (Å²) in [5, 5.41) is 0. The highest BCUT2D eigenvalue weighted by atomic mass is 32.2. The summed E-state index contributed by atoms with van der Waals surface area (Å²) >= 11 is 0. The molecule has 6 heteroatoms. The third-order valence-corrected chi connectivity index (χ3v) is 4.55. The first-order valence-corrected chi connectivity index (χ1v) is 8.25. The number of para-hydroxylation sites is 1. The lowest BCUT2D eigenvalue weighted by molar-refractivity contribution is -0.118. The number of likely N-dealkylation sites (N-methyl/N-ethyl adjacent to an activating group) is 1. The molecule has 0 aliphatic heterocycles. The van der Waals surface area contributed by atoms with E-state index in [-0.39, 0.29) is 11.4 Å². The van der Waals surface area contributed by atoms with Gasteiger partial charge in [0.05, 0.1) is 11.4 Å². The van der Waals surface area contributed by atoms with Gasteiger partial charge in [-0.3, -0.25) is 4.79 Å². The first-order chi connectivity index (χ1) is 10.4. The van der Waals surface area contributed by atoms with Crippen LogP contribution in [-0.2, 0) is 14.8 Å². The van der Waals surface area contributed by atoms with Crippen LogP contribution in [0.2, 0.25) is 0 Å². The summed E-state index contributed by atoms with van der Waals surface area (Å²) in [4.78, 5) is 13.7.